The number of nitrogens with zero attached hydrogens (tertiary/aromatic N) is 2. The minimum atomic E-state index is -0.258. The molecule has 3 N–H and O–H groups in total. The Morgan fingerprint density at radius 2 is 2.11 bits per heavy atom. The Hall–Kier alpha value is -3.09. The first-order valence-electron chi connectivity index (χ1n) is 9.66. The highest BCUT2D eigenvalue weighted by atomic mass is 16.2. The third-order valence-electron chi connectivity index (χ3n) is 4.72. The lowest BCUT2D eigenvalue weighted by atomic mass is 10.2. The normalized spacial score (nSPS) is 16.1. The van der Waals surface area contributed by atoms with Crippen molar-refractivity contribution >= 4 is 29.1 Å². The predicted molar refractivity (Wildman–Crippen MR) is 112 cm³/mol. The van der Waals surface area contributed by atoms with E-state index in [1.54, 1.807) is 4.90 Å². The highest BCUT2D eigenvalue weighted by Gasteiger charge is 2.28. The second-order valence-corrected chi connectivity index (χ2v) is 7.08. The summed E-state index contributed by atoms with van der Waals surface area (Å²) in [6, 6.07) is 11.3. The van der Waals surface area contributed by atoms with Crippen LogP contribution in [0.25, 0.3) is 0 Å². The van der Waals surface area contributed by atoms with Crippen LogP contribution in [0.3, 0.4) is 0 Å². The maximum atomic E-state index is 12.1. The summed E-state index contributed by atoms with van der Waals surface area (Å²) < 4.78 is 0. The molecule has 1 saturated heterocycles. The average Bonchev–Trinajstić information content (AvgIpc) is 3.01. The van der Waals surface area contributed by atoms with Crippen LogP contribution in [0.1, 0.15) is 31.7 Å². The van der Waals surface area contributed by atoms with Crippen LogP contribution >= 0.6 is 0 Å². The van der Waals surface area contributed by atoms with Gasteiger partial charge in [0.15, 0.2) is 0 Å². The summed E-state index contributed by atoms with van der Waals surface area (Å²) in [7, 11) is 0. The number of benzene rings is 1. The smallest absolute Gasteiger partial charge is 0.319 e. The molecule has 3 amide bonds. The Kier molecular flexibility index (Phi) is 6.47. The van der Waals surface area contributed by atoms with Gasteiger partial charge in [0.1, 0.15) is 5.82 Å². The van der Waals surface area contributed by atoms with Gasteiger partial charge in [-0.2, -0.15) is 0 Å². The SMILES string of the molecule is Cc1ccc(NCCCNC(=O)Nc2cccc(N3C(=O)CC[C@H]3C)c2)nc1. The molecule has 7 heteroatoms. The molecule has 0 spiro atoms. The van der Waals surface area contributed by atoms with Crippen molar-refractivity contribution in [3.05, 3.63) is 48.2 Å². The molecule has 1 aromatic carbocycles. The summed E-state index contributed by atoms with van der Waals surface area (Å²) >= 11 is 0. The van der Waals surface area contributed by atoms with E-state index in [-0.39, 0.29) is 18.0 Å². The summed E-state index contributed by atoms with van der Waals surface area (Å²) in [6.07, 6.45) is 4.04. The monoisotopic (exact) mass is 381 g/mol. The fourth-order valence-corrected chi connectivity index (χ4v) is 3.21. The standard InChI is InChI=1S/C21H27N5O2/c1-15-7-9-19(24-14-15)22-11-4-12-23-21(28)25-17-5-3-6-18(13-17)26-16(2)8-10-20(26)27/h3,5-7,9,13-14,16H,4,8,10-12H2,1-2H3,(H,22,24)(H2,23,25,28)/t16-/m1/s1. The molecular weight excluding hydrogens is 354 g/mol. The lowest BCUT2D eigenvalue weighted by molar-refractivity contribution is -0.117. The summed E-state index contributed by atoms with van der Waals surface area (Å²) in [5.41, 5.74) is 2.61. The highest BCUT2D eigenvalue weighted by Crippen LogP contribution is 2.28. The molecule has 2 aromatic rings. The van der Waals surface area contributed by atoms with Crippen molar-refractivity contribution in [2.75, 3.05) is 28.6 Å². The number of rotatable bonds is 7. The largest absolute Gasteiger partial charge is 0.370 e. The van der Waals surface area contributed by atoms with Crippen LogP contribution in [0, 0.1) is 6.92 Å². The van der Waals surface area contributed by atoms with Crippen molar-refractivity contribution in [3.8, 4) is 0 Å². The molecule has 0 aliphatic carbocycles. The lowest BCUT2D eigenvalue weighted by Gasteiger charge is -2.22. The van der Waals surface area contributed by atoms with E-state index in [4.69, 9.17) is 0 Å². The summed E-state index contributed by atoms with van der Waals surface area (Å²) in [4.78, 5) is 30.2. The molecule has 2 heterocycles. The number of aryl methyl sites for hydroxylation is 1. The van der Waals surface area contributed by atoms with E-state index in [2.05, 4.69) is 20.9 Å². The molecule has 7 nitrogen and oxygen atoms in total. The minimum absolute atomic E-state index is 0.129. The molecule has 0 saturated carbocycles. The molecular formula is C21H27N5O2. The van der Waals surface area contributed by atoms with Crippen molar-refractivity contribution < 1.29 is 9.59 Å². The van der Waals surface area contributed by atoms with Crippen molar-refractivity contribution in [2.24, 2.45) is 0 Å². The van der Waals surface area contributed by atoms with Crippen LogP contribution in [-0.4, -0.2) is 36.1 Å². The Bertz CT molecular complexity index is 822. The van der Waals surface area contributed by atoms with Crippen LogP contribution in [0.4, 0.5) is 22.0 Å². The molecule has 1 atom stereocenters. The van der Waals surface area contributed by atoms with Crippen molar-refractivity contribution in [2.45, 2.75) is 39.2 Å². The van der Waals surface area contributed by atoms with E-state index >= 15 is 0 Å². The van der Waals surface area contributed by atoms with Gasteiger partial charge < -0.3 is 20.9 Å². The van der Waals surface area contributed by atoms with E-state index in [0.717, 1.165) is 36.5 Å². The van der Waals surface area contributed by atoms with E-state index in [9.17, 15) is 9.59 Å². The second-order valence-electron chi connectivity index (χ2n) is 7.08. The van der Waals surface area contributed by atoms with Crippen LogP contribution in [0.15, 0.2) is 42.6 Å². The first kappa shape index (κ1) is 19.7. The number of hydrogen-bond acceptors (Lipinski definition) is 4. The van der Waals surface area contributed by atoms with Gasteiger partial charge in [-0.1, -0.05) is 12.1 Å². The Balaban J connectivity index is 1.41. The maximum absolute atomic E-state index is 12.1. The van der Waals surface area contributed by atoms with Gasteiger partial charge in [0.05, 0.1) is 0 Å². The van der Waals surface area contributed by atoms with Gasteiger partial charge in [0, 0.05) is 43.1 Å². The number of nitrogens with one attached hydrogen (secondary N) is 3. The van der Waals surface area contributed by atoms with E-state index in [0.29, 0.717) is 18.7 Å². The molecule has 28 heavy (non-hydrogen) atoms. The van der Waals surface area contributed by atoms with Gasteiger partial charge in [-0.25, -0.2) is 9.78 Å². The molecule has 148 valence electrons. The van der Waals surface area contributed by atoms with Crippen molar-refractivity contribution in [1.82, 2.24) is 10.3 Å². The van der Waals surface area contributed by atoms with E-state index < -0.39 is 0 Å². The minimum Gasteiger partial charge on any atom is -0.370 e. The Morgan fingerprint density at radius 3 is 2.82 bits per heavy atom. The van der Waals surface area contributed by atoms with Crippen molar-refractivity contribution in [1.29, 1.82) is 0 Å². The number of aromatic nitrogens is 1. The molecule has 3 rings (SSSR count). The molecule has 0 unspecified atom stereocenters. The van der Waals surface area contributed by atoms with E-state index in [1.165, 1.54) is 0 Å². The molecule has 0 bridgehead atoms. The number of pyridine rings is 1. The topological polar surface area (TPSA) is 86.4 Å². The summed E-state index contributed by atoms with van der Waals surface area (Å²) in [5.74, 6) is 0.960. The molecule has 0 radical (unpaired) electrons. The average molecular weight is 381 g/mol. The third kappa shape index (κ3) is 5.22. The van der Waals surface area contributed by atoms with E-state index in [1.807, 2.05) is 56.4 Å². The Labute approximate surface area is 165 Å². The highest BCUT2D eigenvalue weighted by molar-refractivity contribution is 5.97. The zero-order valence-electron chi connectivity index (χ0n) is 16.4. The van der Waals surface area contributed by atoms with Gasteiger partial charge in [-0.05, 0) is 56.5 Å². The number of carbonyl (C=O) groups excluding carboxylic acids is 2. The van der Waals surface area contributed by atoms with Crippen molar-refractivity contribution in [3.63, 3.8) is 0 Å². The maximum Gasteiger partial charge on any atom is 0.319 e. The molecule has 1 aliphatic rings. The van der Waals surface area contributed by atoms with Gasteiger partial charge in [0.25, 0.3) is 0 Å². The van der Waals surface area contributed by atoms with Crippen LogP contribution < -0.4 is 20.9 Å². The number of anilines is 3. The quantitative estimate of drug-likeness (QED) is 0.641. The molecule has 1 aliphatic heterocycles. The predicted octanol–water partition coefficient (Wildman–Crippen LogP) is 3.53. The Morgan fingerprint density at radius 1 is 1.25 bits per heavy atom. The van der Waals surface area contributed by atoms with Crippen LogP contribution in [-0.2, 0) is 4.79 Å². The second kappa shape index (κ2) is 9.21. The lowest BCUT2D eigenvalue weighted by Crippen LogP contribution is -2.32. The summed E-state index contributed by atoms with van der Waals surface area (Å²) in [6.45, 7) is 5.31. The van der Waals surface area contributed by atoms with Gasteiger partial charge >= 0.3 is 6.03 Å². The zero-order chi connectivity index (χ0) is 19.9. The van der Waals surface area contributed by atoms with Crippen LogP contribution in [0.2, 0.25) is 0 Å². The number of hydrogen-bond donors (Lipinski definition) is 3. The zero-order valence-corrected chi connectivity index (χ0v) is 16.4. The van der Waals surface area contributed by atoms with Gasteiger partial charge in [-0.3, -0.25) is 4.79 Å². The fourth-order valence-electron chi connectivity index (χ4n) is 3.21. The van der Waals surface area contributed by atoms with Gasteiger partial charge in [0.2, 0.25) is 5.91 Å². The first-order valence-corrected chi connectivity index (χ1v) is 9.66. The van der Waals surface area contributed by atoms with Gasteiger partial charge in [-0.15, -0.1) is 0 Å². The fraction of sp³-hybridized carbons (Fsp3) is 0.381. The first-order chi connectivity index (χ1) is 13.5. The number of urea groups is 1. The summed E-state index contributed by atoms with van der Waals surface area (Å²) in [5, 5.41) is 8.89. The molecule has 1 aromatic heterocycles. The molecule has 1 fully saturated rings. The van der Waals surface area contributed by atoms with Crippen LogP contribution in [0.5, 0.6) is 0 Å². The number of carbonyl (C=O) groups is 2. The number of amides is 3. The third-order valence-corrected chi connectivity index (χ3v) is 4.72.